The van der Waals surface area contributed by atoms with Crippen molar-refractivity contribution in [3.63, 3.8) is 0 Å². The maximum atomic E-state index is 5.32. The smallest absolute Gasteiger partial charge is 0.123 e. The van der Waals surface area contributed by atoms with Crippen LogP contribution in [0.3, 0.4) is 0 Å². The number of methoxy groups -OCH3 is 1. The standard InChI is InChI=1S/C12H17BrO/c1-3-4-8-11(13)10-7-5-6-9-12(10)14-2/h5-7,9,11H,3-4,8H2,1-2H3. The van der Waals surface area contributed by atoms with Crippen LogP contribution in [0.25, 0.3) is 0 Å². The maximum Gasteiger partial charge on any atom is 0.123 e. The van der Waals surface area contributed by atoms with E-state index in [1.54, 1.807) is 7.11 Å². The topological polar surface area (TPSA) is 9.23 Å². The largest absolute Gasteiger partial charge is 0.496 e. The molecule has 1 unspecified atom stereocenters. The second-order valence-electron chi connectivity index (χ2n) is 3.35. The Balaban J connectivity index is 2.72. The van der Waals surface area contributed by atoms with Gasteiger partial charge in [-0.15, -0.1) is 0 Å². The van der Waals surface area contributed by atoms with Crippen molar-refractivity contribution in [2.24, 2.45) is 0 Å². The molecule has 0 spiro atoms. The summed E-state index contributed by atoms with van der Waals surface area (Å²) in [5, 5.41) is 0. The molecule has 0 N–H and O–H groups in total. The summed E-state index contributed by atoms with van der Waals surface area (Å²) in [7, 11) is 1.72. The second-order valence-corrected chi connectivity index (χ2v) is 4.46. The van der Waals surface area contributed by atoms with Gasteiger partial charge < -0.3 is 4.74 Å². The van der Waals surface area contributed by atoms with E-state index in [9.17, 15) is 0 Å². The number of rotatable bonds is 5. The van der Waals surface area contributed by atoms with Crippen molar-refractivity contribution in [2.75, 3.05) is 7.11 Å². The molecule has 2 heteroatoms. The van der Waals surface area contributed by atoms with Crippen LogP contribution < -0.4 is 4.74 Å². The third kappa shape index (κ3) is 3.02. The summed E-state index contributed by atoms with van der Waals surface area (Å²) < 4.78 is 5.32. The fraction of sp³-hybridized carbons (Fsp3) is 0.500. The summed E-state index contributed by atoms with van der Waals surface area (Å²) in [4.78, 5) is 0.415. The van der Waals surface area contributed by atoms with Gasteiger partial charge in [-0.2, -0.15) is 0 Å². The maximum absolute atomic E-state index is 5.32. The van der Waals surface area contributed by atoms with Crippen LogP contribution in [0.5, 0.6) is 5.75 Å². The Morgan fingerprint density at radius 3 is 2.71 bits per heavy atom. The van der Waals surface area contributed by atoms with E-state index in [1.807, 2.05) is 12.1 Å². The summed E-state index contributed by atoms with van der Waals surface area (Å²) in [5.41, 5.74) is 1.25. The van der Waals surface area contributed by atoms with E-state index in [0.29, 0.717) is 4.83 Å². The van der Waals surface area contributed by atoms with E-state index < -0.39 is 0 Å². The number of ether oxygens (including phenoxy) is 1. The number of halogens is 1. The van der Waals surface area contributed by atoms with Crippen molar-refractivity contribution in [3.8, 4) is 5.75 Å². The molecule has 1 aromatic carbocycles. The van der Waals surface area contributed by atoms with E-state index in [-0.39, 0.29) is 0 Å². The lowest BCUT2D eigenvalue weighted by atomic mass is 10.1. The number of hydrogen-bond acceptors (Lipinski definition) is 1. The Kier molecular flexibility index (Phi) is 5.02. The van der Waals surface area contributed by atoms with Gasteiger partial charge in [0, 0.05) is 10.4 Å². The SMILES string of the molecule is CCCCC(Br)c1ccccc1OC. The van der Waals surface area contributed by atoms with Crippen molar-refractivity contribution < 1.29 is 4.74 Å². The van der Waals surface area contributed by atoms with E-state index in [2.05, 4.69) is 35.0 Å². The van der Waals surface area contributed by atoms with E-state index in [4.69, 9.17) is 4.74 Å². The van der Waals surface area contributed by atoms with Gasteiger partial charge in [0.25, 0.3) is 0 Å². The zero-order chi connectivity index (χ0) is 10.4. The van der Waals surface area contributed by atoms with Crippen LogP contribution in [-0.4, -0.2) is 7.11 Å². The zero-order valence-corrected chi connectivity index (χ0v) is 10.4. The van der Waals surface area contributed by atoms with Gasteiger partial charge in [0.05, 0.1) is 7.11 Å². The minimum absolute atomic E-state index is 0.415. The fourth-order valence-corrected chi connectivity index (χ4v) is 2.17. The van der Waals surface area contributed by atoms with Crippen LogP contribution in [0, 0.1) is 0 Å². The molecule has 1 atom stereocenters. The summed E-state index contributed by atoms with van der Waals surface area (Å²) in [5.74, 6) is 0.977. The van der Waals surface area contributed by atoms with Crippen molar-refractivity contribution >= 4 is 15.9 Å². The molecule has 78 valence electrons. The van der Waals surface area contributed by atoms with Gasteiger partial charge in [-0.05, 0) is 12.5 Å². The van der Waals surface area contributed by atoms with Crippen LogP contribution >= 0.6 is 15.9 Å². The molecule has 0 heterocycles. The van der Waals surface area contributed by atoms with Crippen LogP contribution in [0.15, 0.2) is 24.3 Å². The fourth-order valence-electron chi connectivity index (χ4n) is 1.46. The lowest BCUT2D eigenvalue weighted by Crippen LogP contribution is -1.94. The highest BCUT2D eigenvalue weighted by molar-refractivity contribution is 9.09. The molecule has 0 bridgehead atoms. The van der Waals surface area contributed by atoms with Gasteiger partial charge in [0.2, 0.25) is 0 Å². The minimum atomic E-state index is 0.415. The first kappa shape index (κ1) is 11.6. The molecule has 0 radical (unpaired) electrons. The molecule has 0 aliphatic heterocycles. The third-order valence-corrected chi connectivity index (χ3v) is 3.24. The quantitative estimate of drug-likeness (QED) is 0.714. The molecule has 1 rings (SSSR count). The lowest BCUT2D eigenvalue weighted by Gasteiger charge is -2.13. The van der Waals surface area contributed by atoms with E-state index in [0.717, 1.165) is 12.2 Å². The number of para-hydroxylation sites is 1. The average molecular weight is 257 g/mol. The summed E-state index contributed by atoms with van der Waals surface area (Å²) in [6, 6.07) is 8.18. The van der Waals surface area contributed by atoms with Crippen LogP contribution in [-0.2, 0) is 0 Å². The zero-order valence-electron chi connectivity index (χ0n) is 8.79. The Labute approximate surface area is 94.6 Å². The lowest BCUT2D eigenvalue weighted by molar-refractivity contribution is 0.408. The van der Waals surface area contributed by atoms with E-state index >= 15 is 0 Å². The van der Waals surface area contributed by atoms with E-state index in [1.165, 1.54) is 18.4 Å². The normalized spacial score (nSPS) is 12.5. The Morgan fingerprint density at radius 1 is 1.36 bits per heavy atom. The highest BCUT2D eigenvalue weighted by Crippen LogP contribution is 2.34. The molecule has 14 heavy (non-hydrogen) atoms. The van der Waals surface area contributed by atoms with Crippen molar-refractivity contribution in [2.45, 2.75) is 31.0 Å². The van der Waals surface area contributed by atoms with Crippen LogP contribution in [0.1, 0.15) is 36.6 Å². The molecular formula is C12H17BrO. The van der Waals surface area contributed by atoms with Crippen LogP contribution in [0.4, 0.5) is 0 Å². The molecule has 0 aromatic heterocycles. The second kappa shape index (κ2) is 6.07. The Bertz CT molecular complexity index is 273. The summed E-state index contributed by atoms with van der Waals surface area (Å²) in [6.07, 6.45) is 3.64. The number of hydrogen-bond donors (Lipinski definition) is 0. The van der Waals surface area contributed by atoms with Gasteiger partial charge >= 0.3 is 0 Å². The molecule has 0 aliphatic rings. The third-order valence-electron chi connectivity index (χ3n) is 2.29. The Hall–Kier alpha value is -0.500. The summed E-state index contributed by atoms with van der Waals surface area (Å²) >= 11 is 3.70. The molecule has 0 saturated heterocycles. The molecule has 1 aromatic rings. The Morgan fingerprint density at radius 2 is 2.07 bits per heavy atom. The van der Waals surface area contributed by atoms with Gasteiger partial charge in [0.1, 0.15) is 5.75 Å². The van der Waals surface area contributed by atoms with Crippen molar-refractivity contribution in [1.29, 1.82) is 0 Å². The molecule has 0 amide bonds. The van der Waals surface area contributed by atoms with Crippen LogP contribution in [0.2, 0.25) is 0 Å². The number of benzene rings is 1. The van der Waals surface area contributed by atoms with Gasteiger partial charge in [-0.3, -0.25) is 0 Å². The first-order valence-corrected chi connectivity index (χ1v) is 5.98. The predicted molar refractivity (Wildman–Crippen MR) is 64.2 cm³/mol. The number of alkyl halides is 1. The first-order chi connectivity index (χ1) is 6.79. The van der Waals surface area contributed by atoms with Gasteiger partial charge in [-0.1, -0.05) is 53.9 Å². The van der Waals surface area contributed by atoms with Crippen molar-refractivity contribution in [3.05, 3.63) is 29.8 Å². The average Bonchev–Trinajstić information content (AvgIpc) is 2.25. The monoisotopic (exact) mass is 256 g/mol. The molecular weight excluding hydrogens is 240 g/mol. The van der Waals surface area contributed by atoms with Crippen molar-refractivity contribution in [1.82, 2.24) is 0 Å². The first-order valence-electron chi connectivity index (χ1n) is 5.06. The van der Waals surface area contributed by atoms with Gasteiger partial charge in [-0.25, -0.2) is 0 Å². The molecule has 1 nitrogen and oxygen atoms in total. The molecule has 0 saturated carbocycles. The predicted octanol–water partition coefficient (Wildman–Crippen LogP) is 4.32. The van der Waals surface area contributed by atoms with Gasteiger partial charge in [0.15, 0.2) is 0 Å². The number of unbranched alkanes of at least 4 members (excludes halogenated alkanes) is 1. The molecule has 0 fully saturated rings. The highest BCUT2D eigenvalue weighted by Gasteiger charge is 2.11. The highest BCUT2D eigenvalue weighted by atomic mass is 79.9. The minimum Gasteiger partial charge on any atom is -0.496 e. The molecule has 0 aliphatic carbocycles. The summed E-state index contributed by atoms with van der Waals surface area (Å²) in [6.45, 7) is 2.21.